The van der Waals surface area contributed by atoms with E-state index >= 15 is 0 Å². The summed E-state index contributed by atoms with van der Waals surface area (Å²) in [6.45, 7) is 7.50. The smallest absolute Gasteiger partial charge is 0.257 e. The number of para-hydroxylation sites is 1. The molecule has 0 radical (unpaired) electrons. The van der Waals surface area contributed by atoms with E-state index in [0.29, 0.717) is 22.9 Å². The molecule has 0 saturated carbocycles. The van der Waals surface area contributed by atoms with Crippen molar-refractivity contribution in [3.05, 3.63) is 69.7 Å². The number of thiazole rings is 2. The second kappa shape index (κ2) is 11.5. The van der Waals surface area contributed by atoms with Crippen molar-refractivity contribution in [2.24, 2.45) is 0 Å². The summed E-state index contributed by atoms with van der Waals surface area (Å²) in [7, 11) is 0. The van der Waals surface area contributed by atoms with Gasteiger partial charge < -0.3 is 9.64 Å². The van der Waals surface area contributed by atoms with Crippen molar-refractivity contribution in [3.63, 3.8) is 0 Å². The average molecular weight is 562 g/mol. The molecular weight excluding hydrogens is 530 g/mol. The van der Waals surface area contributed by atoms with Gasteiger partial charge in [-0.15, -0.1) is 11.3 Å². The molecule has 1 amide bonds. The fourth-order valence-corrected chi connectivity index (χ4v) is 7.29. The number of hydrogen-bond donors (Lipinski definition) is 1. The van der Waals surface area contributed by atoms with Gasteiger partial charge in [-0.05, 0) is 55.1 Å². The van der Waals surface area contributed by atoms with E-state index < -0.39 is 0 Å². The lowest BCUT2D eigenvalue weighted by molar-refractivity contribution is 0.0375. The van der Waals surface area contributed by atoms with Crippen LogP contribution in [0.4, 0.5) is 10.3 Å². The Balaban J connectivity index is 1.18. The number of amides is 1. The second-order valence-electron chi connectivity index (χ2n) is 9.94. The Morgan fingerprint density at radius 3 is 2.69 bits per heavy atom. The van der Waals surface area contributed by atoms with Gasteiger partial charge in [-0.2, -0.15) is 0 Å². The first-order valence-corrected chi connectivity index (χ1v) is 15.0. The molecule has 1 N–H and O–H groups in total. The number of morpholine rings is 1. The maximum Gasteiger partial charge on any atom is 0.257 e. The molecule has 0 unspecified atom stereocenters. The fraction of sp³-hybridized carbons (Fsp3) is 0.379. The van der Waals surface area contributed by atoms with E-state index in [4.69, 9.17) is 9.72 Å². The van der Waals surface area contributed by atoms with Crippen LogP contribution in [-0.4, -0.2) is 66.0 Å². The Hall–Kier alpha value is -3.18. The van der Waals surface area contributed by atoms with Crippen LogP contribution >= 0.6 is 22.7 Å². The van der Waals surface area contributed by atoms with Crippen LogP contribution in [0.5, 0.6) is 0 Å². The molecule has 1 fully saturated rings. The third-order valence-electron chi connectivity index (χ3n) is 7.30. The monoisotopic (exact) mass is 561 g/mol. The van der Waals surface area contributed by atoms with Crippen molar-refractivity contribution in [3.8, 4) is 0 Å². The Morgan fingerprint density at radius 2 is 1.87 bits per heavy atom. The molecule has 39 heavy (non-hydrogen) atoms. The Bertz CT molecular complexity index is 1470. The average Bonchev–Trinajstić information content (AvgIpc) is 3.57. The highest BCUT2D eigenvalue weighted by molar-refractivity contribution is 7.22. The molecule has 0 bridgehead atoms. The molecule has 2 aliphatic heterocycles. The summed E-state index contributed by atoms with van der Waals surface area (Å²) in [6.07, 6.45) is 2.64. The van der Waals surface area contributed by atoms with E-state index in [-0.39, 0.29) is 11.7 Å². The number of rotatable bonds is 8. The number of fused-ring (bicyclic) bond motifs is 2. The molecule has 0 atom stereocenters. The first kappa shape index (κ1) is 26.1. The molecule has 2 aromatic heterocycles. The number of ketones is 1. The lowest BCUT2D eigenvalue weighted by Gasteiger charge is -2.29. The number of Topliss-reactive ketones (excluding diaryl/α,β-unsaturated/α-hetero) is 1. The Labute approximate surface area is 235 Å². The molecule has 202 valence electrons. The van der Waals surface area contributed by atoms with Crippen LogP contribution in [0.3, 0.4) is 0 Å². The van der Waals surface area contributed by atoms with Gasteiger partial charge in [-0.3, -0.25) is 19.8 Å². The van der Waals surface area contributed by atoms with Crippen LogP contribution in [0.25, 0.3) is 10.2 Å². The topological polar surface area (TPSA) is 87.7 Å². The summed E-state index contributed by atoms with van der Waals surface area (Å²) < 4.78 is 6.49. The zero-order valence-electron chi connectivity index (χ0n) is 21.9. The first-order chi connectivity index (χ1) is 19.0. The third kappa shape index (κ3) is 5.74. The predicted octanol–water partition coefficient (Wildman–Crippen LogP) is 5.04. The molecular formula is C29H31N5O3S2. The summed E-state index contributed by atoms with van der Waals surface area (Å²) in [4.78, 5) is 40.9. The lowest BCUT2D eigenvalue weighted by atomic mass is 9.94. The van der Waals surface area contributed by atoms with Gasteiger partial charge >= 0.3 is 0 Å². The van der Waals surface area contributed by atoms with Crippen molar-refractivity contribution in [1.82, 2.24) is 14.9 Å². The van der Waals surface area contributed by atoms with Gasteiger partial charge in [0.25, 0.3) is 5.91 Å². The van der Waals surface area contributed by atoms with Crippen LogP contribution in [0.15, 0.2) is 42.5 Å². The number of ether oxygens (including phenoxy) is 1. The maximum absolute atomic E-state index is 13.4. The predicted molar refractivity (Wildman–Crippen MR) is 156 cm³/mol. The quantitative estimate of drug-likeness (QED) is 0.302. The molecule has 0 aliphatic carbocycles. The summed E-state index contributed by atoms with van der Waals surface area (Å²) in [5.74, 6) is -0.146. The van der Waals surface area contributed by atoms with Crippen molar-refractivity contribution >= 4 is 54.8 Å². The Kier molecular flexibility index (Phi) is 7.69. The van der Waals surface area contributed by atoms with Crippen LogP contribution in [0.2, 0.25) is 0 Å². The largest absolute Gasteiger partial charge is 0.379 e. The SMILES string of the molecule is CC(=O)c1nc(N2CCc3cccc(C(=O)Nc4nc5ccccc5s4)c3C2)sc1CCCN1CCOCC1. The highest BCUT2D eigenvalue weighted by atomic mass is 32.1. The number of aryl methyl sites for hydroxylation is 1. The van der Waals surface area contributed by atoms with E-state index in [1.807, 2.05) is 36.4 Å². The highest BCUT2D eigenvalue weighted by Gasteiger charge is 2.26. The van der Waals surface area contributed by atoms with E-state index in [1.54, 1.807) is 18.3 Å². The number of aromatic nitrogens is 2. The second-order valence-corrected chi connectivity index (χ2v) is 12.0. The normalized spacial score (nSPS) is 15.9. The van der Waals surface area contributed by atoms with Gasteiger partial charge in [0.05, 0.1) is 23.4 Å². The van der Waals surface area contributed by atoms with E-state index in [9.17, 15) is 9.59 Å². The molecule has 4 heterocycles. The fourth-order valence-electron chi connectivity index (χ4n) is 5.25. The van der Waals surface area contributed by atoms with Gasteiger partial charge in [0.2, 0.25) is 0 Å². The molecule has 2 aliphatic rings. The van der Waals surface area contributed by atoms with Crippen molar-refractivity contribution < 1.29 is 14.3 Å². The number of anilines is 2. The number of carbonyl (C=O) groups excluding carboxylic acids is 2. The van der Waals surface area contributed by atoms with Crippen molar-refractivity contribution in [1.29, 1.82) is 0 Å². The minimum absolute atomic E-state index is 0.00665. The van der Waals surface area contributed by atoms with Gasteiger partial charge in [0, 0.05) is 43.5 Å². The Morgan fingerprint density at radius 1 is 1.03 bits per heavy atom. The first-order valence-electron chi connectivity index (χ1n) is 13.4. The van der Waals surface area contributed by atoms with Crippen LogP contribution in [0.1, 0.15) is 50.2 Å². The zero-order valence-corrected chi connectivity index (χ0v) is 23.6. The molecule has 10 heteroatoms. The standard InChI is InChI=1S/C29H31N5O3S2/c1-19(35)26-25(10-5-12-33-14-16-37-17-15-33)39-29(31-26)34-13-11-20-6-4-7-21(22(20)18-34)27(36)32-28-30-23-8-2-3-9-24(23)38-28/h2-4,6-9H,5,10-18H2,1H3,(H,30,32,36). The van der Waals surface area contributed by atoms with Crippen molar-refractivity contribution in [2.75, 3.05) is 49.6 Å². The van der Waals surface area contributed by atoms with Gasteiger partial charge in [-0.25, -0.2) is 9.97 Å². The molecule has 0 spiro atoms. The summed E-state index contributed by atoms with van der Waals surface area (Å²) in [6, 6.07) is 13.8. The van der Waals surface area contributed by atoms with E-state index in [1.165, 1.54) is 16.9 Å². The minimum atomic E-state index is -0.153. The summed E-state index contributed by atoms with van der Waals surface area (Å²) >= 11 is 3.09. The highest BCUT2D eigenvalue weighted by Crippen LogP contribution is 2.33. The van der Waals surface area contributed by atoms with Crippen LogP contribution in [-0.2, 0) is 24.1 Å². The third-order valence-corrected chi connectivity index (χ3v) is 9.43. The number of benzene rings is 2. The number of nitrogens with zero attached hydrogens (tertiary/aromatic N) is 4. The maximum atomic E-state index is 13.4. The van der Waals surface area contributed by atoms with E-state index in [2.05, 4.69) is 26.2 Å². The zero-order chi connectivity index (χ0) is 26.8. The number of carbonyl (C=O) groups is 2. The summed E-state index contributed by atoms with van der Waals surface area (Å²) in [5.41, 5.74) is 4.31. The van der Waals surface area contributed by atoms with Crippen LogP contribution < -0.4 is 10.2 Å². The van der Waals surface area contributed by atoms with Gasteiger partial charge in [-0.1, -0.05) is 35.6 Å². The van der Waals surface area contributed by atoms with Gasteiger partial charge in [0.1, 0.15) is 5.69 Å². The summed E-state index contributed by atoms with van der Waals surface area (Å²) in [5, 5.41) is 4.46. The molecule has 1 saturated heterocycles. The molecule has 4 aromatic rings. The van der Waals surface area contributed by atoms with Crippen LogP contribution in [0, 0.1) is 0 Å². The lowest BCUT2D eigenvalue weighted by Crippen LogP contribution is -2.36. The van der Waals surface area contributed by atoms with Gasteiger partial charge in [0.15, 0.2) is 16.0 Å². The number of nitrogens with one attached hydrogen (secondary N) is 1. The molecule has 2 aromatic carbocycles. The molecule has 6 rings (SSSR count). The molecule has 8 nitrogen and oxygen atoms in total. The van der Waals surface area contributed by atoms with Crippen molar-refractivity contribution in [2.45, 2.75) is 32.7 Å². The number of hydrogen-bond acceptors (Lipinski definition) is 9. The van der Waals surface area contributed by atoms with E-state index in [0.717, 1.165) is 84.4 Å². The minimum Gasteiger partial charge on any atom is -0.379 e.